The normalized spacial score (nSPS) is 15.3. The molecule has 0 spiro atoms. The Morgan fingerprint density at radius 2 is 1.95 bits per heavy atom. The third kappa shape index (κ3) is 3.34. The van der Waals surface area contributed by atoms with Crippen molar-refractivity contribution in [3.8, 4) is 11.5 Å². The van der Waals surface area contributed by atoms with Crippen LogP contribution in [0.25, 0.3) is 0 Å². The first-order valence-electron chi connectivity index (χ1n) is 7.35. The molecule has 3 rings (SSSR count). The number of pyridine rings is 1. The second kappa shape index (κ2) is 6.59. The lowest BCUT2D eigenvalue weighted by atomic mass is 10.1. The average Bonchev–Trinajstić information content (AvgIpc) is 2.79. The molecule has 1 aliphatic heterocycles. The molecule has 4 heteroatoms. The molecule has 1 aliphatic rings. The minimum atomic E-state index is 0.260. The van der Waals surface area contributed by atoms with Crippen LogP contribution in [-0.4, -0.2) is 18.2 Å². The monoisotopic (exact) mass is 284 g/mol. The van der Waals surface area contributed by atoms with Gasteiger partial charge in [0, 0.05) is 37.0 Å². The van der Waals surface area contributed by atoms with Crippen molar-refractivity contribution >= 4 is 0 Å². The lowest BCUT2D eigenvalue weighted by Crippen LogP contribution is -2.18. The van der Waals surface area contributed by atoms with Crippen molar-refractivity contribution in [1.29, 1.82) is 0 Å². The maximum Gasteiger partial charge on any atom is 0.165 e. The SMILES string of the molecule is C[C@@H](NCc1cccc2c1OCCCO2)c1ccncc1. The van der Waals surface area contributed by atoms with E-state index in [2.05, 4.69) is 23.3 Å². The predicted octanol–water partition coefficient (Wildman–Crippen LogP) is 3.09. The Labute approximate surface area is 125 Å². The van der Waals surface area contributed by atoms with E-state index in [1.165, 1.54) is 5.56 Å². The Hall–Kier alpha value is -2.07. The number of aromatic nitrogens is 1. The number of nitrogens with zero attached hydrogens (tertiary/aromatic N) is 1. The van der Waals surface area contributed by atoms with Gasteiger partial charge in [-0.15, -0.1) is 0 Å². The predicted molar refractivity (Wildman–Crippen MR) is 81.5 cm³/mol. The lowest BCUT2D eigenvalue weighted by Gasteiger charge is -2.17. The van der Waals surface area contributed by atoms with Crippen molar-refractivity contribution < 1.29 is 9.47 Å². The van der Waals surface area contributed by atoms with Gasteiger partial charge in [0.15, 0.2) is 11.5 Å². The molecule has 1 atom stereocenters. The second-order valence-electron chi connectivity index (χ2n) is 5.18. The number of para-hydroxylation sites is 1. The molecule has 0 bridgehead atoms. The summed E-state index contributed by atoms with van der Waals surface area (Å²) in [5.41, 5.74) is 2.36. The smallest absolute Gasteiger partial charge is 0.165 e. The van der Waals surface area contributed by atoms with Gasteiger partial charge in [0.2, 0.25) is 0 Å². The zero-order valence-corrected chi connectivity index (χ0v) is 12.2. The fourth-order valence-corrected chi connectivity index (χ4v) is 2.43. The van der Waals surface area contributed by atoms with Crippen molar-refractivity contribution in [2.45, 2.75) is 25.9 Å². The first kappa shape index (κ1) is 13.9. The highest BCUT2D eigenvalue weighted by Gasteiger charge is 2.15. The van der Waals surface area contributed by atoms with E-state index < -0.39 is 0 Å². The first-order chi connectivity index (χ1) is 10.3. The van der Waals surface area contributed by atoms with Crippen LogP contribution < -0.4 is 14.8 Å². The fraction of sp³-hybridized carbons (Fsp3) is 0.353. The van der Waals surface area contributed by atoms with Crippen LogP contribution in [-0.2, 0) is 6.54 Å². The Bertz CT molecular complexity index is 587. The maximum atomic E-state index is 5.84. The van der Waals surface area contributed by atoms with E-state index >= 15 is 0 Å². The van der Waals surface area contributed by atoms with E-state index in [-0.39, 0.29) is 6.04 Å². The Morgan fingerprint density at radius 1 is 1.14 bits per heavy atom. The van der Waals surface area contributed by atoms with Gasteiger partial charge in [-0.05, 0) is 30.7 Å². The van der Waals surface area contributed by atoms with Gasteiger partial charge < -0.3 is 14.8 Å². The summed E-state index contributed by atoms with van der Waals surface area (Å²) in [5.74, 6) is 1.73. The third-order valence-corrected chi connectivity index (χ3v) is 3.66. The molecule has 21 heavy (non-hydrogen) atoms. The Kier molecular flexibility index (Phi) is 4.36. The van der Waals surface area contributed by atoms with Crippen molar-refractivity contribution in [2.24, 2.45) is 0 Å². The standard InChI is InChI=1S/C17H20N2O2/c1-13(14-6-8-18-9-7-14)19-12-15-4-2-5-16-17(15)21-11-3-10-20-16/h2,4-9,13,19H,3,10-12H2,1H3/t13-/m1/s1. The van der Waals surface area contributed by atoms with Crippen LogP contribution in [0.2, 0.25) is 0 Å². The van der Waals surface area contributed by atoms with E-state index in [4.69, 9.17) is 9.47 Å². The molecular formula is C17H20N2O2. The third-order valence-electron chi connectivity index (χ3n) is 3.66. The van der Waals surface area contributed by atoms with Gasteiger partial charge in [-0.25, -0.2) is 0 Å². The minimum Gasteiger partial charge on any atom is -0.490 e. The molecule has 0 saturated heterocycles. The molecule has 1 aromatic carbocycles. The zero-order chi connectivity index (χ0) is 14.5. The van der Waals surface area contributed by atoms with Crippen molar-refractivity contribution in [3.63, 3.8) is 0 Å². The number of nitrogens with one attached hydrogen (secondary N) is 1. The van der Waals surface area contributed by atoms with Gasteiger partial charge in [-0.1, -0.05) is 12.1 Å². The van der Waals surface area contributed by atoms with E-state index in [0.717, 1.165) is 36.6 Å². The highest BCUT2D eigenvalue weighted by Crippen LogP contribution is 2.33. The number of hydrogen-bond donors (Lipinski definition) is 1. The van der Waals surface area contributed by atoms with E-state index in [9.17, 15) is 0 Å². The van der Waals surface area contributed by atoms with Crippen LogP contribution in [0.3, 0.4) is 0 Å². The molecule has 0 fully saturated rings. The van der Waals surface area contributed by atoms with Crippen LogP contribution in [0.1, 0.15) is 30.5 Å². The Morgan fingerprint density at radius 3 is 2.81 bits per heavy atom. The number of hydrogen-bond acceptors (Lipinski definition) is 4. The average molecular weight is 284 g/mol. The van der Waals surface area contributed by atoms with E-state index in [1.54, 1.807) is 0 Å². The maximum absolute atomic E-state index is 5.84. The first-order valence-corrected chi connectivity index (χ1v) is 7.35. The zero-order valence-electron chi connectivity index (χ0n) is 12.2. The van der Waals surface area contributed by atoms with Crippen molar-refractivity contribution in [2.75, 3.05) is 13.2 Å². The Balaban J connectivity index is 1.71. The largest absolute Gasteiger partial charge is 0.490 e. The second-order valence-corrected chi connectivity index (χ2v) is 5.18. The molecule has 0 amide bonds. The van der Waals surface area contributed by atoms with Gasteiger partial charge in [0.25, 0.3) is 0 Å². The molecule has 4 nitrogen and oxygen atoms in total. The number of ether oxygens (including phenoxy) is 2. The number of benzene rings is 1. The van der Waals surface area contributed by atoms with Gasteiger partial charge in [-0.3, -0.25) is 4.98 Å². The van der Waals surface area contributed by atoms with Crippen molar-refractivity contribution in [1.82, 2.24) is 10.3 Å². The molecule has 0 saturated carbocycles. The molecule has 0 aliphatic carbocycles. The van der Waals surface area contributed by atoms with Gasteiger partial charge in [0.1, 0.15) is 0 Å². The van der Waals surface area contributed by atoms with Gasteiger partial charge in [-0.2, -0.15) is 0 Å². The van der Waals surface area contributed by atoms with Crippen LogP contribution >= 0.6 is 0 Å². The molecule has 2 aromatic rings. The summed E-state index contributed by atoms with van der Waals surface area (Å²) in [4.78, 5) is 4.05. The van der Waals surface area contributed by atoms with Crippen LogP contribution in [0, 0.1) is 0 Å². The minimum absolute atomic E-state index is 0.260. The van der Waals surface area contributed by atoms with Gasteiger partial charge >= 0.3 is 0 Å². The van der Waals surface area contributed by atoms with Gasteiger partial charge in [0.05, 0.1) is 13.2 Å². The molecule has 1 N–H and O–H groups in total. The lowest BCUT2D eigenvalue weighted by molar-refractivity contribution is 0.295. The molecular weight excluding hydrogens is 264 g/mol. The van der Waals surface area contributed by atoms with E-state index in [0.29, 0.717) is 6.61 Å². The summed E-state index contributed by atoms with van der Waals surface area (Å²) in [6, 6.07) is 10.4. The highest BCUT2D eigenvalue weighted by atomic mass is 16.5. The quantitative estimate of drug-likeness (QED) is 0.937. The molecule has 0 unspecified atom stereocenters. The topological polar surface area (TPSA) is 43.4 Å². The summed E-state index contributed by atoms with van der Waals surface area (Å²) in [7, 11) is 0. The molecule has 0 radical (unpaired) electrons. The molecule has 1 aromatic heterocycles. The summed E-state index contributed by atoms with van der Waals surface area (Å²) in [6.45, 7) is 4.32. The number of fused-ring (bicyclic) bond motifs is 1. The molecule has 110 valence electrons. The van der Waals surface area contributed by atoms with E-state index in [1.807, 2.05) is 36.7 Å². The summed E-state index contributed by atoms with van der Waals surface area (Å²) in [6.07, 6.45) is 4.56. The highest BCUT2D eigenvalue weighted by molar-refractivity contribution is 5.47. The summed E-state index contributed by atoms with van der Waals surface area (Å²) >= 11 is 0. The fourth-order valence-electron chi connectivity index (χ4n) is 2.43. The summed E-state index contributed by atoms with van der Waals surface area (Å²) < 4.78 is 11.6. The summed E-state index contributed by atoms with van der Waals surface area (Å²) in [5, 5.41) is 3.52. The number of rotatable bonds is 4. The van der Waals surface area contributed by atoms with Crippen LogP contribution in [0.15, 0.2) is 42.7 Å². The van der Waals surface area contributed by atoms with Crippen molar-refractivity contribution in [3.05, 3.63) is 53.9 Å². The molecule has 2 heterocycles. The van der Waals surface area contributed by atoms with Crippen LogP contribution in [0.4, 0.5) is 0 Å². The van der Waals surface area contributed by atoms with Crippen LogP contribution in [0.5, 0.6) is 11.5 Å².